The minimum absolute atomic E-state index is 0.0207. The van der Waals surface area contributed by atoms with Crippen LogP contribution in [-0.2, 0) is 4.74 Å². The second-order valence-corrected chi connectivity index (χ2v) is 6.56. The van der Waals surface area contributed by atoms with Gasteiger partial charge in [0.15, 0.2) is 5.82 Å². The lowest BCUT2D eigenvalue weighted by Crippen LogP contribution is -2.49. The molecule has 0 radical (unpaired) electrons. The van der Waals surface area contributed by atoms with E-state index in [1.807, 2.05) is 19.9 Å². The van der Waals surface area contributed by atoms with Crippen molar-refractivity contribution >= 4 is 18.0 Å². The van der Waals surface area contributed by atoms with E-state index >= 15 is 0 Å². The van der Waals surface area contributed by atoms with Gasteiger partial charge in [0.2, 0.25) is 5.82 Å². The van der Waals surface area contributed by atoms with Crippen molar-refractivity contribution in [3.8, 4) is 6.07 Å². The molecular formula is C18H28N6O4. The molecule has 28 heavy (non-hydrogen) atoms. The number of hydrazine groups is 1. The quantitative estimate of drug-likeness (QED) is 0.476. The van der Waals surface area contributed by atoms with E-state index in [1.165, 1.54) is 16.1 Å². The van der Waals surface area contributed by atoms with E-state index in [-0.39, 0.29) is 18.3 Å². The molecule has 2 amide bonds. The van der Waals surface area contributed by atoms with E-state index in [1.54, 1.807) is 25.0 Å². The third-order valence-corrected chi connectivity index (χ3v) is 3.75. The molecule has 1 N–H and O–H groups in total. The fraction of sp³-hybridized carbons (Fsp3) is 0.611. The van der Waals surface area contributed by atoms with Gasteiger partial charge in [-0.15, -0.1) is 0 Å². The van der Waals surface area contributed by atoms with E-state index in [2.05, 4.69) is 9.97 Å². The van der Waals surface area contributed by atoms with Gasteiger partial charge in [-0.05, 0) is 25.7 Å². The average molecular weight is 392 g/mol. The van der Waals surface area contributed by atoms with Crippen molar-refractivity contribution in [2.75, 3.05) is 38.3 Å². The van der Waals surface area contributed by atoms with Crippen molar-refractivity contribution in [2.45, 2.75) is 33.6 Å². The molecule has 0 aliphatic carbocycles. The van der Waals surface area contributed by atoms with Crippen LogP contribution in [0.25, 0.3) is 0 Å². The largest absolute Gasteiger partial charge is 0.464 e. The minimum Gasteiger partial charge on any atom is -0.464 e. The lowest BCUT2D eigenvalue weighted by Gasteiger charge is -2.35. The molecule has 154 valence electrons. The van der Waals surface area contributed by atoms with Gasteiger partial charge in [0, 0.05) is 38.9 Å². The molecule has 0 saturated carbocycles. The number of carboxylic acid groups (broad SMARTS) is 1. The molecule has 0 atom stereocenters. The Morgan fingerprint density at radius 2 is 2.00 bits per heavy atom. The zero-order chi connectivity index (χ0) is 21.1. The van der Waals surface area contributed by atoms with Crippen LogP contribution >= 0.6 is 0 Å². The summed E-state index contributed by atoms with van der Waals surface area (Å²) in [5.74, 6) is 0.497. The Bertz CT molecular complexity index is 691. The number of ether oxygens (including phenoxy) is 1. The highest BCUT2D eigenvalue weighted by molar-refractivity contribution is 5.68. The molecule has 0 aromatic carbocycles. The molecule has 0 aliphatic heterocycles. The SMILES string of the molecule is CCOC(=O)N(C)CCCCN(C(=O)O)N(CC(C)C)c1ccnc(C#N)n1. The highest BCUT2D eigenvalue weighted by Crippen LogP contribution is 2.17. The van der Waals surface area contributed by atoms with Crippen LogP contribution in [-0.4, -0.2) is 70.5 Å². The first-order valence-electron chi connectivity index (χ1n) is 9.19. The minimum atomic E-state index is -1.11. The maximum atomic E-state index is 11.9. The summed E-state index contributed by atoms with van der Waals surface area (Å²) in [6, 6.07) is 3.44. The van der Waals surface area contributed by atoms with Crippen molar-refractivity contribution in [3.05, 3.63) is 18.1 Å². The average Bonchev–Trinajstić information content (AvgIpc) is 2.66. The van der Waals surface area contributed by atoms with Gasteiger partial charge in [-0.3, -0.25) is 5.01 Å². The Morgan fingerprint density at radius 3 is 2.57 bits per heavy atom. The molecule has 0 saturated heterocycles. The van der Waals surface area contributed by atoms with E-state index in [0.29, 0.717) is 38.4 Å². The highest BCUT2D eigenvalue weighted by Gasteiger charge is 2.23. The number of hydrogen-bond donors (Lipinski definition) is 1. The van der Waals surface area contributed by atoms with E-state index in [4.69, 9.17) is 10.00 Å². The van der Waals surface area contributed by atoms with Crippen molar-refractivity contribution < 1.29 is 19.4 Å². The predicted molar refractivity (Wildman–Crippen MR) is 103 cm³/mol. The van der Waals surface area contributed by atoms with E-state index < -0.39 is 12.2 Å². The Morgan fingerprint density at radius 1 is 1.32 bits per heavy atom. The van der Waals surface area contributed by atoms with Gasteiger partial charge in [0.25, 0.3) is 0 Å². The number of hydrogen-bond acceptors (Lipinski definition) is 7. The number of nitrogens with zero attached hydrogens (tertiary/aromatic N) is 6. The molecule has 10 nitrogen and oxygen atoms in total. The van der Waals surface area contributed by atoms with Gasteiger partial charge in [-0.1, -0.05) is 13.8 Å². The first-order valence-corrected chi connectivity index (χ1v) is 9.19. The summed E-state index contributed by atoms with van der Waals surface area (Å²) in [5.41, 5.74) is 0. The van der Waals surface area contributed by atoms with Crippen LogP contribution in [0.2, 0.25) is 0 Å². The van der Waals surface area contributed by atoms with Crippen LogP contribution in [0.3, 0.4) is 0 Å². The first kappa shape index (κ1) is 23.0. The molecule has 1 aromatic heterocycles. The second kappa shape index (κ2) is 11.6. The standard InChI is InChI=1S/C18H28N6O4/c1-5-28-18(27)22(4)10-6-7-11-23(17(25)26)24(13-14(2)3)16-8-9-20-15(12-19)21-16/h8-9,14H,5-7,10-11,13H2,1-4H3,(H,25,26). The summed E-state index contributed by atoms with van der Waals surface area (Å²) in [6.45, 7) is 7.08. The fourth-order valence-electron chi connectivity index (χ4n) is 2.46. The van der Waals surface area contributed by atoms with Gasteiger partial charge < -0.3 is 14.7 Å². The number of rotatable bonds is 10. The summed E-state index contributed by atoms with van der Waals surface area (Å²) < 4.78 is 4.92. The molecule has 0 bridgehead atoms. The van der Waals surface area contributed by atoms with Crippen LogP contribution in [0.5, 0.6) is 0 Å². The van der Waals surface area contributed by atoms with Crippen LogP contribution in [0.4, 0.5) is 15.4 Å². The van der Waals surface area contributed by atoms with Crippen molar-refractivity contribution in [1.82, 2.24) is 19.9 Å². The smallest absolute Gasteiger partial charge is 0.426 e. The van der Waals surface area contributed by atoms with Crippen molar-refractivity contribution in [1.29, 1.82) is 5.26 Å². The number of nitriles is 1. The fourth-order valence-corrected chi connectivity index (χ4v) is 2.46. The van der Waals surface area contributed by atoms with Crippen LogP contribution in [0.15, 0.2) is 12.3 Å². The van der Waals surface area contributed by atoms with Crippen molar-refractivity contribution in [2.24, 2.45) is 5.92 Å². The second-order valence-electron chi connectivity index (χ2n) is 6.56. The Hall–Kier alpha value is -3.09. The lowest BCUT2D eigenvalue weighted by molar-refractivity contribution is 0.114. The van der Waals surface area contributed by atoms with Crippen LogP contribution in [0, 0.1) is 17.2 Å². The van der Waals surface area contributed by atoms with Crippen LogP contribution < -0.4 is 5.01 Å². The molecule has 0 spiro atoms. The molecule has 1 aromatic rings. The molecule has 0 fully saturated rings. The highest BCUT2D eigenvalue weighted by atomic mass is 16.6. The lowest BCUT2D eigenvalue weighted by atomic mass is 10.2. The summed E-state index contributed by atoms with van der Waals surface area (Å²) in [7, 11) is 1.64. The molecular weight excluding hydrogens is 364 g/mol. The van der Waals surface area contributed by atoms with Crippen molar-refractivity contribution in [3.63, 3.8) is 0 Å². The summed E-state index contributed by atoms with van der Waals surface area (Å²) >= 11 is 0. The number of carbonyl (C=O) groups excluding carboxylic acids is 1. The first-order chi connectivity index (χ1) is 13.3. The molecule has 0 aliphatic rings. The van der Waals surface area contributed by atoms with Gasteiger partial charge >= 0.3 is 12.2 Å². The monoisotopic (exact) mass is 392 g/mol. The Kier molecular flexibility index (Phi) is 9.50. The number of anilines is 1. The zero-order valence-corrected chi connectivity index (χ0v) is 16.8. The Labute approximate surface area is 165 Å². The van der Waals surface area contributed by atoms with E-state index in [0.717, 1.165) is 0 Å². The van der Waals surface area contributed by atoms with Crippen LogP contribution in [0.1, 0.15) is 39.4 Å². The Balaban J connectivity index is 2.82. The van der Waals surface area contributed by atoms with Gasteiger partial charge in [-0.25, -0.2) is 19.6 Å². The zero-order valence-electron chi connectivity index (χ0n) is 16.8. The number of aromatic nitrogens is 2. The predicted octanol–water partition coefficient (Wildman–Crippen LogP) is 2.57. The maximum Gasteiger partial charge on any atom is 0.426 e. The number of unbranched alkanes of at least 4 members (excludes halogenated alkanes) is 1. The van der Waals surface area contributed by atoms with Gasteiger partial charge in [0.1, 0.15) is 6.07 Å². The molecule has 10 heteroatoms. The third-order valence-electron chi connectivity index (χ3n) is 3.75. The van der Waals surface area contributed by atoms with E-state index in [9.17, 15) is 14.7 Å². The van der Waals surface area contributed by atoms with Gasteiger partial charge in [-0.2, -0.15) is 10.2 Å². The summed E-state index contributed by atoms with van der Waals surface area (Å²) in [4.78, 5) is 32.9. The molecule has 1 heterocycles. The third kappa shape index (κ3) is 7.26. The number of carbonyl (C=O) groups is 2. The summed E-state index contributed by atoms with van der Waals surface area (Å²) in [5, 5.41) is 21.5. The topological polar surface area (TPSA) is 123 Å². The number of amides is 2. The molecule has 0 unspecified atom stereocenters. The summed E-state index contributed by atoms with van der Waals surface area (Å²) in [6.07, 6.45) is 1.08. The normalized spacial score (nSPS) is 10.3. The molecule has 1 rings (SSSR count). The maximum absolute atomic E-state index is 11.9. The van der Waals surface area contributed by atoms with Gasteiger partial charge in [0.05, 0.1) is 6.61 Å².